The van der Waals surface area contributed by atoms with Crippen molar-refractivity contribution in [3.05, 3.63) is 35.4 Å². The molecule has 1 aromatic carbocycles. The topological polar surface area (TPSA) is 57.5 Å². The number of aliphatic hydroxyl groups is 2. The molecule has 0 fully saturated rings. The van der Waals surface area contributed by atoms with Crippen LogP contribution >= 0.6 is 11.8 Å². The lowest BCUT2D eigenvalue weighted by Crippen LogP contribution is -2.19. The van der Waals surface area contributed by atoms with Crippen LogP contribution in [0.3, 0.4) is 0 Å². The van der Waals surface area contributed by atoms with Crippen LogP contribution in [0.5, 0.6) is 0 Å². The van der Waals surface area contributed by atoms with E-state index in [0.29, 0.717) is 12.2 Å². The zero-order chi connectivity index (χ0) is 16.4. The highest BCUT2D eigenvalue weighted by atomic mass is 32.2. The maximum atomic E-state index is 10.8. The Morgan fingerprint density at radius 2 is 1.82 bits per heavy atom. The third kappa shape index (κ3) is 7.43. The molecule has 0 aromatic heterocycles. The summed E-state index contributed by atoms with van der Waals surface area (Å²) in [6, 6.07) is 7.84. The van der Waals surface area contributed by atoms with Gasteiger partial charge in [-0.1, -0.05) is 62.2 Å². The molecule has 124 valence electrons. The van der Waals surface area contributed by atoms with E-state index in [1.807, 2.05) is 24.3 Å². The van der Waals surface area contributed by atoms with Gasteiger partial charge in [-0.25, -0.2) is 0 Å². The number of aryl methyl sites for hydroxylation is 1. The zero-order valence-electron chi connectivity index (χ0n) is 13.6. The van der Waals surface area contributed by atoms with Gasteiger partial charge in [-0.15, -0.1) is 0 Å². The van der Waals surface area contributed by atoms with Gasteiger partial charge in [0.15, 0.2) is 5.12 Å². The average molecular weight is 324 g/mol. The second-order valence-corrected chi connectivity index (χ2v) is 6.96. The molecule has 0 saturated carbocycles. The van der Waals surface area contributed by atoms with Crippen LogP contribution in [0, 0.1) is 0 Å². The summed E-state index contributed by atoms with van der Waals surface area (Å²) in [6.45, 7) is 3.71. The number of carbonyl (C=O) groups excluding carboxylic acids is 1. The predicted molar refractivity (Wildman–Crippen MR) is 93.0 cm³/mol. The van der Waals surface area contributed by atoms with Crippen LogP contribution in [0.1, 0.15) is 63.2 Å². The molecule has 0 heterocycles. The molecule has 2 unspecified atom stereocenters. The van der Waals surface area contributed by atoms with Gasteiger partial charge < -0.3 is 10.2 Å². The van der Waals surface area contributed by atoms with Crippen molar-refractivity contribution in [2.24, 2.45) is 0 Å². The molecule has 0 radical (unpaired) electrons. The molecule has 2 N–H and O–H groups in total. The summed E-state index contributed by atoms with van der Waals surface area (Å²) < 4.78 is 0. The van der Waals surface area contributed by atoms with Gasteiger partial charge in [0.2, 0.25) is 0 Å². The maximum absolute atomic E-state index is 10.8. The first-order chi connectivity index (χ1) is 10.5. The number of thioether (sulfide) groups is 1. The number of hydrogen-bond donors (Lipinski definition) is 2. The predicted octanol–water partition coefficient (Wildman–Crippen LogP) is 3.87. The fourth-order valence-electron chi connectivity index (χ4n) is 2.34. The van der Waals surface area contributed by atoms with Crippen molar-refractivity contribution in [1.82, 2.24) is 0 Å². The van der Waals surface area contributed by atoms with E-state index in [1.54, 1.807) is 0 Å². The second kappa shape index (κ2) is 10.8. The molecule has 0 aliphatic heterocycles. The molecule has 2 atom stereocenters. The number of unbranched alkanes of at least 4 members (excludes halogenated alkanes) is 3. The van der Waals surface area contributed by atoms with Crippen LogP contribution in [0.2, 0.25) is 0 Å². The van der Waals surface area contributed by atoms with Gasteiger partial charge in [-0.3, -0.25) is 4.79 Å². The fraction of sp³-hybridized carbons (Fsp3) is 0.611. The van der Waals surface area contributed by atoms with Crippen LogP contribution in [0.15, 0.2) is 24.3 Å². The highest BCUT2D eigenvalue weighted by Gasteiger charge is 2.18. The summed E-state index contributed by atoms with van der Waals surface area (Å²) in [5.74, 6) is 0.531. The van der Waals surface area contributed by atoms with E-state index >= 15 is 0 Å². The number of hydrogen-bond acceptors (Lipinski definition) is 4. The number of benzene rings is 1. The lowest BCUT2D eigenvalue weighted by molar-refractivity contribution is -0.109. The maximum Gasteiger partial charge on any atom is 0.185 e. The van der Waals surface area contributed by atoms with Gasteiger partial charge in [0.25, 0.3) is 0 Å². The SMILES string of the molecule is CCCCCCc1ccc(C(O)C(O)CCSC(C)=O)cc1. The minimum atomic E-state index is -0.887. The molecule has 0 aliphatic carbocycles. The van der Waals surface area contributed by atoms with E-state index in [2.05, 4.69) is 6.92 Å². The van der Waals surface area contributed by atoms with Gasteiger partial charge in [0.05, 0.1) is 6.10 Å². The van der Waals surface area contributed by atoms with Gasteiger partial charge in [0, 0.05) is 12.7 Å². The van der Waals surface area contributed by atoms with Gasteiger partial charge in [-0.2, -0.15) is 0 Å². The van der Waals surface area contributed by atoms with Crippen molar-refractivity contribution in [1.29, 1.82) is 0 Å². The monoisotopic (exact) mass is 324 g/mol. The quantitative estimate of drug-likeness (QED) is 0.641. The number of carbonyl (C=O) groups is 1. The van der Waals surface area contributed by atoms with E-state index in [1.165, 1.54) is 49.9 Å². The van der Waals surface area contributed by atoms with Crippen molar-refractivity contribution in [2.45, 2.75) is 64.6 Å². The number of aliphatic hydroxyl groups excluding tert-OH is 2. The Bertz CT molecular complexity index is 430. The molecular weight excluding hydrogens is 296 g/mol. The fourth-order valence-corrected chi connectivity index (χ4v) is 2.99. The molecule has 22 heavy (non-hydrogen) atoms. The third-order valence-electron chi connectivity index (χ3n) is 3.72. The number of rotatable bonds is 10. The molecule has 1 rings (SSSR count). The summed E-state index contributed by atoms with van der Waals surface area (Å²) in [7, 11) is 0. The lowest BCUT2D eigenvalue weighted by atomic mass is 9.99. The largest absolute Gasteiger partial charge is 0.390 e. The molecule has 0 saturated heterocycles. The Labute approximate surface area is 138 Å². The van der Waals surface area contributed by atoms with Crippen LogP contribution in [0.25, 0.3) is 0 Å². The van der Waals surface area contributed by atoms with Crippen molar-refractivity contribution >= 4 is 16.9 Å². The van der Waals surface area contributed by atoms with Crippen molar-refractivity contribution in [3.63, 3.8) is 0 Å². The van der Waals surface area contributed by atoms with Crippen molar-refractivity contribution in [3.8, 4) is 0 Å². The summed E-state index contributed by atoms with van der Waals surface area (Å²) in [4.78, 5) is 10.8. The summed E-state index contributed by atoms with van der Waals surface area (Å²) >= 11 is 1.18. The van der Waals surface area contributed by atoms with Crippen molar-refractivity contribution in [2.75, 3.05) is 5.75 Å². The normalized spacial score (nSPS) is 13.8. The summed E-state index contributed by atoms with van der Waals surface area (Å²) in [5.41, 5.74) is 2.01. The molecule has 0 aliphatic rings. The highest BCUT2D eigenvalue weighted by Crippen LogP contribution is 2.21. The van der Waals surface area contributed by atoms with Gasteiger partial charge in [0.1, 0.15) is 6.10 Å². The standard InChI is InChI=1S/C18H28O3S/c1-3-4-5-6-7-15-8-10-16(11-9-15)18(21)17(20)12-13-22-14(2)19/h8-11,17-18,20-21H,3-7,12-13H2,1-2H3. The van der Waals surface area contributed by atoms with Gasteiger partial charge in [-0.05, 0) is 30.4 Å². The Morgan fingerprint density at radius 3 is 2.41 bits per heavy atom. The van der Waals surface area contributed by atoms with Gasteiger partial charge >= 0.3 is 0 Å². The van der Waals surface area contributed by atoms with E-state index in [0.717, 1.165) is 12.0 Å². The summed E-state index contributed by atoms with van der Waals surface area (Å²) in [6.07, 6.45) is 4.72. The van der Waals surface area contributed by atoms with E-state index in [-0.39, 0.29) is 5.12 Å². The first kappa shape index (κ1) is 19.2. The lowest BCUT2D eigenvalue weighted by Gasteiger charge is -2.18. The van der Waals surface area contributed by atoms with Crippen molar-refractivity contribution < 1.29 is 15.0 Å². The summed E-state index contributed by atoms with van der Waals surface area (Å²) in [5, 5.41) is 20.2. The average Bonchev–Trinajstić information content (AvgIpc) is 2.51. The molecule has 0 spiro atoms. The minimum Gasteiger partial charge on any atom is -0.390 e. The third-order valence-corrected chi connectivity index (χ3v) is 4.57. The van der Waals surface area contributed by atoms with Crippen LogP contribution in [-0.2, 0) is 11.2 Å². The van der Waals surface area contributed by atoms with E-state index in [9.17, 15) is 15.0 Å². The Balaban J connectivity index is 2.42. The minimum absolute atomic E-state index is 0.0362. The molecule has 3 nitrogen and oxygen atoms in total. The first-order valence-electron chi connectivity index (χ1n) is 8.13. The molecule has 0 amide bonds. The molecular formula is C18H28O3S. The highest BCUT2D eigenvalue weighted by molar-refractivity contribution is 8.13. The van der Waals surface area contributed by atoms with Crippen LogP contribution in [-0.4, -0.2) is 27.2 Å². The molecule has 4 heteroatoms. The van der Waals surface area contributed by atoms with E-state index < -0.39 is 12.2 Å². The zero-order valence-corrected chi connectivity index (χ0v) is 14.4. The Kier molecular flexibility index (Phi) is 9.44. The smallest absolute Gasteiger partial charge is 0.185 e. The van der Waals surface area contributed by atoms with E-state index in [4.69, 9.17) is 0 Å². The van der Waals surface area contributed by atoms with Crippen LogP contribution in [0.4, 0.5) is 0 Å². The Hall–Kier alpha value is -0.840. The molecule has 1 aromatic rings. The first-order valence-corrected chi connectivity index (χ1v) is 9.11. The Morgan fingerprint density at radius 1 is 1.14 bits per heavy atom. The van der Waals surface area contributed by atoms with Crippen LogP contribution < -0.4 is 0 Å². The molecule has 0 bridgehead atoms. The second-order valence-electron chi connectivity index (χ2n) is 5.69.